The van der Waals surface area contributed by atoms with Crippen molar-refractivity contribution in [2.45, 2.75) is 20.4 Å². The van der Waals surface area contributed by atoms with Crippen LogP contribution in [0.4, 0.5) is 5.69 Å². The topological polar surface area (TPSA) is 90.5 Å². The number of amides is 1. The van der Waals surface area contributed by atoms with Crippen LogP contribution in [-0.4, -0.2) is 25.1 Å². The van der Waals surface area contributed by atoms with Crippen LogP contribution in [0.5, 0.6) is 11.6 Å². The minimum Gasteiger partial charge on any atom is -0.436 e. The number of nitrogens with one attached hydrogen (secondary N) is 1. The summed E-state index contributed by atoms with van der Waals surface area (Å²) in [5.41, 5.74) is 2.27. The number of ether oxygens (including phenoxy) is 1. The Labute approximate surface area is 176 Å². The molecule has 0 fully saturated rings. The van der Waals surface area contributed by atoms with Crippen LogP contribution in [0, 0.1) is 13.8 Å². The molecule has 0 unspecified atom stereocenters. The Bertz CT molecular complexity index is 1290. The first-order valence-corrected chi connectivity index (χ1v) is 9.53. The van der Waals surface area contributed by atoms with Crippen molar-refractivity contribution in [2.24, 2.45) is 0 Å². The first-order chi connectivity index (χ1) is 14.4. The molecule has 4 rings (SSSR count). The van der Waals surface area contributed by atoms with E-state index in [1.807, 2.05) is 26.0 Å². The molecule has 152 valence electrons. The summed E-state index contributed by atoms with van der Waals surface area (Å²) in [4.78, 5) is 29.3. The maximum atomic E-state index is 12.7. The van der Waals surface area contributed by atoms with Crippen LogP contribution in [-0.2, 0) is 11.3 Å². The fourth-order valence-electron chi connectivity index (χ4n) is 2.87. The Morgan fingerprint density at radius 2 is 1.93 bits per heavy atom. The Kier molecular flexibility index (Phi) is 5.24. The number of rotatable bonds is 5. The van der Waals surface area contributed by atoms with Gasteiger partial charge >= 0.3 is 5.69 Å². The lowest BCUT2D eigenvalue weighted by atomic mass is 10.2. The molecule has 1 N–H and O–H groups in total. The second-order valence-corrected chi connectivity index (χ2v) is 7.23. The van der Waals surface area contributed by atoms with E-state index in [9.17, 15) is 9.59 Å². The Balaban J connectivity index is 1.60. The lowest BCUT2D eigenvalue weighted by Gasteiger charge is -2.08. The van der Waals surface area contributed by atoms with Gasteiger partial charge in [0.05, 0.1) is 0 Å². The molecule has 30 heavy (non-hydrogen) atoms. The molecule has 2 aromatic heterocycles. The molecule has 4 aromatic rings. The molecular formula is C21H18ClN5O3. The van der Waals surface area contributed by atoms with Gasteiger partial charge in [0, 0.05) is 23.1 Å². The Hall–Kier alpha value is -3.65. The molecule has 0 saturated carbocycles. The van der Waals surface area contributed by atoms with E-state index in [1.54, 1.807) is 30.3 Å². The first-order valence-electron chi connectivity index (χ1n) is 9.15. The fraction of sp³-hybridized carbons (Fsp3) is 0.143. The minimum absolute atomic E-state index is 0.170. The SMILES string of the molecule is Cc1ccc(Oc2nccn3c(=O)n(CC(=O)Nc4cc(Cl)ccc4C)nc23)cc1. The first kappa shape index (κ1) is 19.7. The van der Waals surface area contributed by atoms with Gasteiger partial charge in [0.2, 0.25) is 11.6 Å². The van der Waals surface area contributed by atoms with Crippen LogP contribution in [0.25, 0.3) is 5.65 Å². The third kappa shape index (κ3) is 4.04. The summed E-state index contributed by atoms with van der Waals surface area (Å²) in [6, 6.07) is 12.6. The van der Waals surface area contributed by atoms with E-state index in [0.29, 0.717) is 16.5 Å². The van der Waals surface area contributed by atoms with Crippen LogP contribution in [0.15, 0.2) is 59.7 Å². The molecule has 1 amide bonds. The summed E-state index contributed by atoms with van der Waals surface area (Å²) in [5, 5.41) is 7.50. The smallest absolute Gasteiger partial charge is 0.351 e. The van der Waals surface area contributed by atoms with Crippen molar-refractivity contribution in [3.05, 3.63) is 81.5 Å². The molecule has 0 bridgehead atoms. The summed E-state index contributed by atoms with van der Waals surface area (Å²) in [7, 11) is 0. The van der Waals surface area contributed by atoms with Crippen LogP contribution < -0.4 is 15.7 Å². The van der Waals surface area contributed by atoms with Crippen molar-refractivity contribution in [1.29, 1.82) is 0 Å². The fourth-order valence-corrected chi connectivity index (χ4v) is 3.05. The highest BCUT2D eigenvalue weighted by molar-refractivity contribution is 6.31. The molecule has 8 nitrogen and oxygen atoms in total. The standard InChI is InChI=1S/C21H18ClN5O3/c1-13-3-7-16(8-4-13)30-20-19-25-27(21(29)26(19)10-9-23-20)12-18(28)24-17-11-15(22)6-5-14(17)2/h3-11H,12H2,1-2H3,(H,24,28). The molecule has 0 atom stereocenters. The molecule has 0 radical (unpaired) electrons. The van der Waals surface area contributed by atoms with E-state index in [1.165, 1.54) is 16.8 Å². The largest absolute Gasteiger partial charge is 0.436 e. The van der Waals surface area contributed by atoms with E-state index in [-0.39, 0.29) is 18.1 Å². The highest BCUT2D eigenvalue weighted by Gasteiger charge is 2.16. The van der Waals surface area contributed by atoms with Crippen molar-refractivity contribution in [3.8, 4) is 11.6 Å². The van der Waals surface area contributed by atoms with Gasteiger partial charge in [0.25, 0.3) is 5.88 Å². The van der Waals surface area contributed by atoms with Crippen molar-refractivity contribution < 1.29 is 9.53 Å². The van der Waals surface area contributed by atoms with Gasteiger partial charge in [-0.25, -0.2) is 18.9 Å². The maximum Gasteiger partial charge on any atom is 0.351 e. The molecular weight excluding hydrogens is 406 g/mol. The second kappa shape index (κ2) is 8.00. The number of halogens is 1. The summed E-state index contributed by atoms with van der Waals surface area (Å²) >= 11 is 5.99. The van der Waals surface area contributed by atoms with E-state index >= 15 is 0 Å². The van der Waals surface area contributed by atoms with E-state index in [0.717, 1.165) is 15.8 Å². The monoisotopic (exact) mass is 423 g/mol. The molecule has 2 aromatic carbocycles. The van der Waals surface area contributed by atoms with Gasteiger partial charge < -0.3 is 10.1 Å². The van der Waals surface area contributed by atoms with Gasteiger partial charge in [-0.2, -0.15) is 0 Å². The number of hydrogen-bond acceptors (Lipinski definition) is 5. The third-order valence-electron chi connectivity index (χ3n) is 4.47. The lowest BCUT2D eigenvalue weighted by molar-refractivity contribution is -0.117. The molecule has 0 aliphatic rings. The molecule has 2 heterocycles. The average molecular weight is 424 g/mol. The molecule has 9 heteroatoms. The number of carbonyl (C=O) groups excluding carboxylic acids is 1. The van der Waals surface area contributed by atoms with Gasteiger partial charge in [-0.3, -0.25) is 4.79 Å². The van der Waals surface area contributed by atoms with Gasteiger partial charge in [0.1, 0.15) is 12.3 Å². The summed E-state index contributed by atoms with van der Waals surface area (Å²) in [5.74, 6) is 0.334. The van der Waals surface area contributed by atoms with Gasteiger partial charge in [-0.1, -0.05) is 35.4 Å². The normalized spacial score (nSPS) is 10.9. The number of anilines is 1. The van der Waals surface area contributed by atoms with E-state index in [2.05, 4.69) is 15.4 Å². The average Bonchev–Trinajstić information content (AvgIpc) is 3.03. The number of nitrogens with zero attached hydrogens (tertiary/aromatic N) is 4. The van der Waals surface area contributed by atoms with E-state index < -0.39 is 11.6 Å². The predicted octanol–water partition coefficient (Wildman–Crippen LogP) is 3.59. The number of aromatic nitrogens is 4. The summed E-state index contributed by atoms with van der Waals surface area (Å²) < 4.78 is 8.13. The highest BCUT2D eigenvalue weighted by atomic mass is 35.5. The molecule has 0 saturated heterocycles. The minimum atomic E-state index is -0.473. The zero-order valence-corrected chi connectivity index (χ0v) is 17.1. The summed E-state index contributed by atoms with van der Waals surface area (Å²) in [6.45, 7) is 3.56. The molecule has 0 aliphatic heterocycles. The van der Waals surface area contributed by atoms with E-state index in [4.69, 9.17) is 16.3 Å². The van der Waals surface area contributed by atoms with Gasteiger partial charge in [-0.05, 0) is 43.7 Å². The number of aryl methyl sites for hydroxylation is 2. The predicted molar refractivity (Wildman–Crippen MR) is 113 cm³/mol. The molecule has 0 aliphatic carbocycles. The zero-order valence-electron chi connectivity index (χ0n) is 16.3. The van der Waals surface area contributed by atoms with Crippen molar-refractivity contribution in [2.75, 3.05) is 5.32 Å². The van der Waals surface area contributed by atoms with Crippen molar-refractivity contribution in [1.82, 2.24) is 19.2 Å². The second-order valence-electron chi connectivity index (χ2n) is 6.79. The Morgan fingerprint density at radius 1 is 1.17 bits per heavy atom. The number of hydrogen-bond donors (Lipinski definition) is 1. The number of carbonyl (C=O) groups is 1. The van der Waals surface area contributed by atoms with Crippen LogP contribution in [0.3, 0.4) is 0 Å². The van der Waals surface area contributed by atoms with Crippen LogP contribution in [0.1, 0.15) is 11.1 Å². The number of benzene rings is 2. The quantitative estimate of drug-likeness (QED) is 0.529. The molecule has 0 spiro atoms. The zero-order chi connectivity index (χ0) is 21.3. The van der Waals surface area contributed by atoms with Crippen LogP contribution in [0.2, 0.25) is 5.02 Å². The lowest BCUT2D eigenvalue weighted by Crippen LogP contribution is -2.28. The van der Waals surface area contributed by atoms with Gasteiger partial charge in [-0.15, -0.1) is 5.10 Å². The van der Waals surface area contributed by atoms with Crippen LogP contribution >= 0.6 is 11.6 Å². The van der Waals surface area contributed by atoms with Gasteiger partial charge in [0.15, 0.2) is 0 Å². The third-order valence-corrected chi connectivity index (χ3v) is 4.71. The van der Waals surface area contributed by atoms with Crippen molar-refractivity contribution in [3.63, 3.8) is 0 Å². The van der Waals surface area contributed by atoms with Crippen molar-refractivity contribution >= 4 is 28.8 Å². The number of fused-ring (bicyclic) bond motifs is 1. The Morgan fingerprint density at radius 3 is 2.70 bits per heavy atom. The summed E-state index contributed by atoms with van der Waals surface area (Å²) in [6.07, 6.45) is 2.92. The highest BCUT2D eigenvalue weighted by Crippen LogP contribution is 2.22. The maximum absolute atomic E-state index is 12.7.